The van der Waals surface area contributed by atoms with Gasteiger partial charge in [0, 0.05) is 5.56 Å². The van der Waals surface area contributed by atoms with Gasteiger partial charge in [0.25, 0.3) is 0 Å². The van der Waals surface area contributed by atoms with Crippen LogP contribution >= 0.6 is 0 Å². The molecule has 45 heavy (non-hydrogen) atoms. The number of aromatic amines is 1. The first kappa shape index (κ1) is 31.9. The molecule has 0 saturated heterocycles. The van der Waals surface area contributed by atoms with Crippen LogP contribution in [0, 0.1) is 11.6 Å². The number of benzene rings is 3. The van der Waals surface area contributed by atoms with Crippen molar-refractivity contribution in [2.24, 2.45) is 0 Å². The molecule has 2 heterocycles. The Kier molecular flexibility index (Phi) is 7.87. The Morgan fingerprint density at radius 2 is 1.47 bits per heavy atom. The Morgan fingerprint density at radius 1 is 0.844 bits per heavy atom. The maximum absolute atomic E-state index is 14.9. The number of H-pyrrole nitrogens is 1. The van der Waals surface area contributed by atoms with Gasteiger partial charge in [-0.15, -0.1) is 0 Å². The normalized spacial score (nSPS) is 12.6. The molecule has 0 radical (unpaired) electrons. The number of hydrogen-bond acceptors (Lipinski definition) is 11. The summed E-state index contributed by atoms with van der Waals surface area (Å²) in [6, 6.07) is 12.0. The highest BCUT2D eigenvalue weighted by molar-refractivity contribution is 7.90. The monoisotopic (exact) mass is 681 g/mol. The van der Waals surface area contributed by atoms with E-state index in [-0.39, 0.29) is 33.9 Å². The first-order valence-electron chi connectivity index (χ1n) is 12.9. The molecular formula is C27H25F2N5O8S3. The Hall–Kier alpha value is -4.55. The second kappa shape index (κ2) is 11.1. The van der Waals surface area contributed by atoms with Crippen LogP contribution in [0.2, 0.25) is 0 Å². The van der Waals surface area contributed by atoms with Gasteiger partial charge in [0.05, 0.1) is 45.8 Å². The molecule has 0 aliphatic rings. The molecule has 0 spiro atoms. The van der Waals surface area contributed by atoms with Crippen molar-refractivity contribution in [3.8, 4) is 45.4 Å². The largest absolute Gasteiger partial charge is 0.378 e. The summed E-state index contributed by atoms with van der Waals surface area (Å²) >= 11 is 0. The van der Waals surface area contributed by atoms with E-state index >= 15 is 0 Å². The molecule has 5 rings (SSSR count). The molecule has 0 aliphatic heterocycles. The minimum Gasteiger partial charge on any atom is -0.378 e. The molecule has 0 aliphatic carbocycles. The van der Waals surface area contributed by atoms with Crippen LogP contribution in [-0.4, -0.2) is 61.9 Å². The minimum absolute atomic E-state index is 0.0445. The maximum Gasteiger partial charge on any atom is 0.306 e. The van der Waals surface area contributed by atoms with E-state index in [1.807, 2.05) is 0 Å². The van der Waals surface area contributed by atoms with Crippen LogP contribution in [0.4, 0.5) is 14.7 Å². The number of nitrogens with one attached hydrogen (secondary N) is 1. The van der Waals surface area contributed by atoms with Crippen LogP contribution in [0.3, 0.4) is 0 Å². The molecule has 0 saturated carbocycles. The van der Waals surface area contributed by atoms with E-state index in [9.17, 15) is 34.0 Å². The number of nitrogens with two attached hydrogens (primary N) is 1. The number of halogens is 2. The maximum atomic E-state index is 14.9. The molecular weight excluding hydrogens is 657 g/mol. The van der Waals surface area contributed by atoms with Crippen molar-refractivity contribution in [2.75, 3.05) is 18.2 Å². The molecule has 13 nitrogen and oxygen atoms in total. The first-order valence-corrected chi connectivity index (χ1v) is 18.0. The van der Waals surface area contributed by atoms with Gasteiger partial charge in [0.2, 0.25) is 21.7 Å². The third-order valence-corrected chi connectivity index (χ3v) is 9.39. The fraction of sp³-hybridized carbons (Fsp3) is 0.185. The second-order valence-electron chi connectivity index (χ2n) is 10.2. The average molecular weight is 682 g/mol. The Morgan fingerprint density at radius 3 is 2.07 bits per heavy atom. The van der Waals surface area contributed by atoms with Crippen LogP contribution in [0.1, 0.15) is 13.8 Å². The smallest absolute Gasteiger partial charge is 0.306 e. The highest BCUT2D eigenvalue weighted by atomic mass is 32.2. The van der Waals surface area contributed by atoms with E-state index in [1.54, 1.807) is 30.3 Å². The van der Waals surface area contributed by atoms with E-state index in [2.05, 4.69) is 15.0 Å². The number of aromatic nitrogens is 4. The van der Waals surface area contributed by atoms with Crippen molar-refractivity contribution in [1.82, 2.24) is 18.9 Å². The van der Waals surface area contributed by atoms with Crippen molar-refractivity contribution >= 4 is 47.2 Å². The third kappa shape index (κ3) is 6.20. The van der Waals surface area contributed by atoms with Gasteiger partial charge in [-0.2, -0.15) is 16.8 Å². The minimum atomic E-state index is -4.44. The molecule has 0 unspecified atom stereocenters. The highest BCUT2D eigenvalue weighted by Gasteiger charge is 2.33. The van der Waals surface area contributed by atoms with Crippen molar-refractivity contribution in [2.45, 2.75) is 19.1 Å². The van der Waals surface area contributed by atoms with Gasteiger partial charge >= 0.3 is 20.2 Å². The third-order valence-electron chi connectivity index (χ3n) is 6.37. The average Bonchev–Trinajstić information content (AvgIpc) is 3.51. The number of hydrogen-bond donors (Lipinski definition) is 2. The molecule has 5 aromatic rings. The van der Waals surface area contributed by atoms with Gasteiger partial charge < -0.3 is 19.1 Å². The van der Waals surface area contributed by atoms with E-state index in [1.165, 1.54) is 13.8 Å². The first-order chi connectivity index (χ1) is 20.9. The fourth-order valence-corrected chi connectivity index (χ4v) is 6.53. The number of anilines is 1. The number of fused-ring (bicyclic) bond motifs is 1. The van der Waals surface area contributed by atoms with Gasteiger partial charge in [0.1, 0.15) is 23.0 Å². The predicted molar refractivity (Wildman–Crippen MR) is 163 cm³/mol. The zero-order valence-electron chi connectivity index (χ0n) is 23.9. The lowest BCUT2D eigenvalue weighted by Crippen LogP contribution is -2.23. The lowest BCUT2D eigenvalue weighted by atomic mass is 10.0. The van der Waals surface area contributed by atoms with Crippen LogP contribution in [0.5, 0.6) is 11.5 Å². The molecule has 3 N–H and O–H groups in total. The Labute approximate surface area is 257 Å². The molecule has 0 fully saturated rings. The zero-order chi connectivity index (χ0) is 33.1. The highest BCUT2D eigenvalue weighted by Crippen LogP contribution is 2.48. The van der Waals surface area contributed by atoms with Gasteiger partial charge in [-0.3, -0.25) is 0 Å². The van der Waals surface area contributed by atoms with Crippen molar-refractivity contribution in [1.29, 1.82) is 0 Å². The summed E-state index contributed by atoms with van der Waals surface area (Å²) in [7, 11) is -13.1. The van der Waals surface area contributed by atoms with E-state index < -0.39 is 70.1 Å². The SMILES string of the molecule is CC(C)S(=O)(=O)n1c(N)nc2c(OS(C)(=O)=O)c(OS(C)(=O)=O)c(-c3[nH]c(-c4cc(F)ccc4F)nc3-c3ccccc3)cc21. The lowest BCUT2D eigenvalue weighted by molar-refractivity contribution is 0.458. The number of imidazole rings is 2. The lowest BCUT2D eigenvalue weighted by Gasteiger charge is -2.16. The molecule has 0 atom stereocenters. The van der Waals surface area contributed by atoms with E-state index in [0.29, 0.717) is 22.0 Å². The number of rotatable bonds is 9. The Balaban J connectivity index is 2.00. The topological polar surface area (TPSA) is 193 Å². The second-order valence-corrected chi connectivity index (χ2v) is 15.6. The quantitative estimate of drug-likeness (QED) is 0.214. The summed E-state index contributed by atoms with van der Waals surface area (Å²) in [5.74, 6) is -3.96. The molecule has 238 valence electrons. The molecule has 0 amide bonds. The van der Waals surface area contributed by atoms with Crippen LogP contribution in [0.15, 0.2) is 54.6 Å². The van der Waals surface area contributed by atoms with Crippen LogP contribution in [-0.2, 0) is 30.3 Å². The molecule has 2 aromatic heterocycles. The van der Waals surface area contributed by atoms with E-state index in [4.69, 9.17) is 14.1 Å². The Bertz CT molecular complexity index is 2300. The summed E-state index contributed by atoms with van der Waals surface area (Å²) in [5.41, 5.74) is 5.01. The fourth-order valence-electron chi connectivity index (χ4n) is 4.47. The molecule has 0 bridgehead atoms. The summed E-state index contributed by atoms with van der Waals surface area (Å²) in [6.45, 7) is 2.75. The summed E-state index contributed by atoms with van der Waals surface area (Å²) in [6.07, 6.45) is 1.34. The van der Waals surface area contributed by atoms with Gasteiger partial charge in [-0.05, 0) is 38.1 Å². The van der Waals surface area contributed by atoms with E-state index in [0.717, 1.165) is 24.3 Å². The zero-order valence-corrected chi connectivity index (χ0v) is 26.4. The summed E-state index contributed by atoms with van der Waals surface area (Å²) in [4.78, 5) is 11.3. The number of nitrogens with zero attached hydrogens (tertiary/aromatic N) is 3. The number of nitrogen functional groups attached to an aromatic ring is 1. The summed E-state index contributed by atoms with van der Waals surface area (Å²) < 4.78 is 117. The van der Waals surface area contributed by atoms with Gasteiger partial charge in [0.15, 0.2) is 5.75 Å². The van der Waals surface area contributed by atoms with Crippen molar-refractivity contribution < 1.29 is 42.4 Å². The molecule has 3 aromatic carbocycles. The predicted octanol–water partition coefficient (Wildman–Crippen LogP) is 3.88. The molecule has 18 heteroatoms. The summed E-state index contributed by atoms with van der Waals surface area (Å²) in [5, 5.41) is -1.04. The van der Waals surface area contributed by atoms with Gasteiger partial charge in [-0.25, -0.2) is 31.1 Å². The van der Waals surface area contributed by atoms with Crippen molar-refractivity contribution in [3.63, 3.8) is 0 Å². The standard InChI is InChI=1S/C27H25F2N5O8S3/c1-14(2)45(39,40)34-20-13-18(24(41-43(3,35)36)25(42-44(4,37)38)23(20)33-27(34)30)22-21(15-8-6-5-7-9-15)31-26(32-22)17-12-16(28)10-11-19(17)29/h5-14H,1-4H3,(H2,30,33)(H,31,32). The van der Waals surface area contributed by atoms with Crippen LogP contribution < -0.4 is 14.1 Å². The van der Waals surface area contributed by atoms with Crippen LogP contribution in [0.25, 0.3) is 44.9 Å². The van der Waals surface area contributed by atoms with Crippen molar-refractivity contribution in [3.05, 3.63) is 66.2 Å². The van der Waals surface area contributed by atoms with Gasteiger partial charge in [-0.1, -0.05) is 30.3 Å².